The second-order valence-electron chi connectivity index (χ2n) is 10.7. The topological polar surface area (TPSA) is 51.3 Å². The number of fused-ring (bicyclic) bond motifs is 1. The number of aliphatic imine (C=N–C) groups is 1. The van der Waals surface area contributed by atoms with E-state index in [4.69, 9.17) is 16.0 Å². The second-order valence-corrected chi connectivity index (χ2v) is 11.3. The molecule has 4 nitrogen and oxygen atoms in total. The molecule has 0 aliphatic heterocycles. The highest BCUT2D eigenvalue weighted by atomic mass is 35.5. The number of nitrogens with zero attached hydrogens (tertiary/aromatic N) is 3. The Balaban J connectivity index is 1.36. The summed E-state index contributed by atoms with van der Waals surface area (Å²) in [6, 6.07) is 43.4. The lowest BCUT2D eigenvalue weighted by Crippen LogP contribution is -1.91. The normalized spacial score (nSPS) is 11.6. The molecular weight excluding hydrogens is 574 g/mol. The summed E-state index contributed by atoms with van der Waals surface area (Å²) in [5, 5.41) is 1.32. The van der Waals surface area contributed by atoms with E-state index in [1.54, 1.807) is 6.92 Å². The maximum Gasteiger partial charge on any atom is 0.228 e. The Morgan fingerprint density at radius 3 is 1.64 bits per heavy atom. The minimum atomic E-state index is 0.388. The molecule has 0 spiro atoms. The smallest absolute Gasteiger partial charge is 0.228 e. The highest BCUT2D eigenvalue weighted by Crippen LogP contribution is 2.41. The first kappa shape index (κ1) is 28.2. The zero-order valence-corrected chi connectivity index (χ0v) is 25.4. The van der Waals surface area contributed by atoms with Gasteiger partial charge in [-0.3, -0.25) is 9.97 Å². The molecule has 0 saturated carbocycles. The van der Waals surface area contributed by atoms with E-state index in [9.17, 15) is 0 Å². The van der Waals surface area contributed by atoms with Crippen LogP contribution in [-0.4, -0.2) is 15.1 Å². The highest BCUT2D eigenvalue weighted by molar-refractivity contribution is 6.65. The van der Waals surface area contributed by atoms with Crippen LogP contribution in [0.4, 0.5) is 5.88 Å². The van der Waals surface area contributed by atoms with Crippen molar-refractivity contribution in [3.05, 3.63) is 157 Å². The van der Waals surface area contributed by atoms with Crippen LogP contribution in [0.2, 0.25) is 0 Å². The molecule has 216 valence electrons. The molecule has 5 heteroatoms. The number of aromatic nitrogens is 2. The van der Waals surface area contributed by atoms with E-state index in [0.717, 1.165) is 72.4 Å². The summed E-state index contributed by atoms with van der Waals surface area (Å²) in [5.74, 6) is 0.445. The van der Waals surface area contributed by atoms with Crippen molar-refractivity contribution in [3.63, 3.8) is 0 Å². The molecule has 4 aromatic carbocycles. The van der Waals surface area contributed by atoms with Gasteiger partial charge in [-0.15, -0.1) is 0 Å². The van der Waals surface area contributed by atoms with E-state index in [1.807, 2.05) is 73.1 Å². The van der Waals surface area contributed by atoms with Crippen LogP contribution >= 0.6 is 11.6 Å². The summed E-state index contributed by atoms with van der Waals surface area (Å²) < 4.78 is 6.15. The summed E-state index contributed by atoms with van der Waals surface area (Å²) in [7, 11) is 0. The van der Waals surface area contributed by atoms with Gasteiger partial charge in [0.05, 0.1) is 17.0 Å². The third-order valence-electron chi connectivity index (χ3n) is 7.77. The quantitative estimate of drug-likeness (QED) is 0.171. The number of rotatable bonds is 7. The predicted octanol–water partition coefficient (Wildman–Crippen LogP) is 11.2. The molecule has 0 radical (unpaired) electrons. The molecule has 0 atom stereocenters. The lowest BCUT2D eigenvalue weighted by atomic mass is 9.90. The lowest BCUT2D eigenvalue weighted by Gasteiger charge is -2.14. The Kier molecular flexibility index (Phi) is 7.64. The standard InChI is InChI=1S/C40H28ClN3O/c1-26(39-35-9-3-4-12-38(35)45-40(39)44-27(2)41)32-23-33(28-13-17-30(18-14-28)36-10-5-7-21-42-36)25-34(24-32)29-15-19-31(20-16-29)37-11-6-8-22-43-37/h3-25H,1H2,2H3/b44-27+. The molecule has 0 N–H and O–H groups in total. The largest absolute Gasteiger partial charge is 0.438 e. The first-order valence-electron chi connectivity index (χ1n) is 14.6. The maximum absolute atomic E-state index is 6.24. The van der Waals surface area contributed by atoms with Gasteiger partial charge in [0.25, 0.3) is 0 Å². The van der Waals surface area contributed by atoms with E-state index in [2.05, 4.69) is 88.3 Å². The number of benzene rings is 4. The molecule has 45 heavy (non-hydrogen) atoms. The SMILES string of the molecule is C=C(c1cc(-c2ccc(-c3ccccn3)cc2)cc(-c2ccc(-c3ccccn3)cc2)c1)c1c(/N=C(\C)Cl)oc2ccccc12. The van der Waals surface area contributed by atoms with Crippen molar-refractivity contribution >= 4 is 39.2 Å². The molecule has 0 aliphatic carbocycles. The van der Waals surface area contributed by atoms with Crippen LogP contribution < -0.4 is 0 Å². The van der Waals surface area contributed by atoms with Crippen LogP contribution in [0.1, 0.15) is 18.1 Å². The van der Waals surface area contributed by atoms with Gasteiger partial charge in [-0.1, -0.05) is 97.0 Å². The number of hydrogen-bond acceptors (Lipinski definition) is 4. The molecule has 0 unspecified atom stereocenters. The molecule has 7 aromatic rings. The molecular formula is C40H28ClN3O. The van der Waals surface area contributed by atoms with Crippen molar-refractivity contribution < 1.29 is 4.42 Å². The Bertz CT molecular complexity index is 2060. The maximum atomic E-state index is 6.24. The monoisotopic (exact) mass is 601 g/mol. The average molecular weight is 602 g/mol. The van der Waals surface area contributed by atoms with E-state index in [-0.39, 0.29) is 0 Å². The van der Waals surface area contributed by atoms with E-state index < -0.39 is 0 Å². The molecule has 7 rings (SSSR count). The third kappa shape index (κ3) is 5.84. The van der Waals surface area contributed by atoms with Gasteiger partial charge in [0.2, 0.25) is 5.88 Å². The van der Waals surface area contributed by atoms with Gasteiger partial charge in [-0.2, -0.15) is 0 Å². The van der Waals surface area contributed by atoms with Crippen LogP contribution in [0, 0.1) is 0 Å². The molecule has 0 aliphatic rings. The first-order valence-corrected chi connectivity index (χ1v) is 15.0. The molecule has 3 aromatic heterocycles. The van der Waals surface area contributed by atoms with Crippen LogP contribution in [0.25, 0.3) is 61.3 Å². The highest BCUT2D eigenvalue weighted by Gasteiger charge is 2.19. The van der Waals surface area contributed by atoms with Crippen molar-refractivity contribution in [2.24, 2.45) is 4.99 Å². The molecule has 0 amide bonds. The minimum absolute atomic E-state index is 0.388. The number of hydrogen-bond donors (Lipinski definition) is 0. The predicted molar refractivity (Wildman–Crippen MR) is 187 cm³/mol. The summed E-state index contributed by atoms with van der Waals surface area (Å²) in [5.41, 5.74) is 11.6. The van der Waals surface area contributed by atoms with Crippen molar-refractivity contribution in [1.82, 2.24) is 9.97 Å². The van der Waals surface area contributed by atoms with Crippen molar-refractivity contribution in [2.75, 3.05) is 0 Å². The van der Waals surface area contributed by atoms with E-state index in [1.165, 1.54) is 0 Å². The third-order valence-corrected chi connectivity index (χ3v) is 7.86. The summed E-state index contributed by atoms with van der Waals surface area (Å²) >= 11 is 6.24. The van der Waals surface area contributed by atoms with Crippen LogP contribution in [0.15, 0.2) is 156 Å². The summed E-state index contributed by atoms with van der Waals surface area (Å²) in [6.07, 6.45) is 3.63. The number of pyridine rings is 2. The van der Waals surface area contributed by atoms with Crippen molar-refractivity contribution in [3.8, 4) is 44.8 Å². The van der Waals surface area contributed by atoms with Crippen molar-refractivity contribution in [2.45, 2.75) is 6.92 Å². The Morgan fingerprint density at radius 1 is 0.622 bits per heavy atom. The van der Waals surface area contributed by atoms with E-state index in [0.29, 0.717) is 11.1 Å². The van der Waals surface area contributed by atoms with Gasteiger partial charge < -0.3 is 4.42 Å². The summed E-state index contributed by atoms with van der Waals surface area (Å²) in [6.45, 7) is 6.31. The van der Waals surface area contributed by atoms with Gasteiger partial charge in [0, 0.05) is 28.9 Å². The summed E-state index contributed by atoms with van der Waals surface area (Å²) in [4.78, 5) is 13.5. The number of para-hydroxylation sites is 1. The van der Waals surface area contributed by atoms with Crippen molar-refractivity contribution in [1.29, 1.82) is 0 Å². The molecule has 0 bridgehead atoms. The molecule has 0 fully saturated rings. The van der Waals surface area contributed by atoms with Crippen LogP contribution in [-0.2, 0) is 0 Å². The zero-order valence-electron chi connectivity index (χ0n) is 24.6. The fourth-order valence-electron chi connectivity index (χ4n) is 5.56. The minimum Gasteiger partial charge on any atom is -0.438 e. The Hall–Kier alpha value is -5.58. The van der Waals surface area contributed by atoms with Gasteiger partial charge in [-0.25, -0.2) is 4.99 Å². The molecule has 0 saturated heterocycles. The second kappa shape index (κ2) is 12.2. The Labute approximate surface area is 267 Å². The van der Waals surface area contributed by atoms with Gasteiger partial charge in [-0.05, 0) is 88.8 Å². The zero-order chi connectivity index (χ0) is 30.8. The number of furan rings is 1. The van der Waals surface area contributed by atoms with Gasteiger partial charge >= 0.3 is 0 Å². The van der Waals surface area contributed by atoms with Gasteiger partial charge in [0.1, 0.15) is 10.8 Å². The first-order chi connectivity index (χ1) is 22.0. The van der Waals surface area contributed by atoms with E-state index >= 15 is 0 Å². The number of halogens is 1. The lowest BCUT2D eigenvalue weighted by molar-refractivity contribution is 0.625. The van der Waals surface area contributed by atoms with Crippen LogP contribution in [0.3, 0.4) is 0 Å². The van der Waals surface area contributed by atoms with Gasteiger partial charge in [0.15, 0.2) is 0 Å². The van der Waals surface area contributed by atoms with Crippen LogP contribution in [0.5, 0.6) is 0 Å². The fraction of sp³-hybridized carbons (Fsp3) is 0.0250. The molecule has 3 heterocycles. The average Bonchev–Trinajstić information content (AvgIpc) is 3.45. The fourth-order valence-corrected chi connectivity index (χ4v) is 5.63. The Morgan fingerprint density at radius 2 is 1.13 bits per heavy atom.